The van der Waals surface area contributed by atoms with Gasteiger partial charge in [-0.15, -0.1) is 0 Å². The summed E-state index contributed by atoms with van der Waals surface area (Å²) in [5.74, 6) is 1.03. The number of carbonyl (C=O) groups excluding carboxylic acids is 1. The summed E-state index contributed by atoms with van der Waals surface area (Å²) in [7, 11) is 0. The molecule has 2 aromatic heterocycles. The molecule has 6 nitrogen and oxygen atoms in total. The predicted molar refractivity (Wildman–Crippen MR) is 95.6 cm³/mol. The molecule has 0 aliphatic carbocycles. The second-order valence-electron chi connectivity index (χ2n) is 5.88. The highest BCUT2D eigenvalue weighted by atomic mass is 16.1. The minimum Gasteiger partial charge on any atom is -0.346 e. The number of nitrogens with one attached hydrogen (secondary N) is 2. The van der Waals surface area contributed by atoms with Gasteiger partial charge in [0.1, 0.15) is 5.82 Å². The van der Waals surface area contributed by atoms with Crippen LogP contribution >= 0.6 is 0 Å². The van der Waals surface area contributed by atoms with Crippen LogP contribution < -0.4 is 5.32 Å². The maximum atomic E-state index is 12.7. The monoisotopic (exact) mass is 335 g/mol. The number of aromatic amines is 1. The number of aromatic nitrogens is 4. The number of pyridine rings is 1. The zero-order chi connectivity index (χ0) is 17.6. The maximum absolute atomic E-state index is 12.7. The molecule has 0 spiro atoms. The van der Waals surface area contributed by atoms with E-state index in [4.69, 9.17) is 0 Å². The van der Waals surface area contributed by atoms with Gasteiger partial charge in [0.05, 0.1) is 12.0 Å². The van der Waals surface area contributed by atoms with Gasteiger partial charge in [-0.1, -0.05) is 37.3 Å². The van der Waals surface area contributed by atoms with Gasteiger partial charge < -0.3 is 5.32 Å². The van der Waals surface area contributed by atoms with Crippen LogP contribution in [0.25, 0.3) is 11.4 Å². The van der Waals surface area contributed by atoms with Crippen molar-refractivity contribution in [2.45, 2.75) is 32.2 Å². The first-order valence-corrected chi connectivity index (χ1v) is 8.37. The first kappa shape index (κ1) is 16.8. The lowest BCUT2D eigenvalue weighted by Gasteiger charge is -2.18. The Kier molecular flexibility index (Phi) is 5.18. The molecule has 0 saturated heterocycles. The Labute approximate surface area is 146 Å². The van der Waals surface area contributed by atoms with Gasteiger partial charge in [0.25, 0.3) is 0 Å². The van der Waals surface area contributed by atoms with Crippen molar-refractivity contribution in [1.82, 2.24) is 25.5 Å². The molecule has 0 aliphatic heterocycles. The summed E-state index contributed by atoms with van der Waals surface area (Å²) >= 11 is 0. The number of hydrogen-bond donors (Lipinski definition) is 2. The zero-order valence-corrected chi connectivity index (χ0v) is 14.3. The van der Waals surface area contributed by atoms with Crippen LogP contribution in [0.4, 0.5) is 0 Å². The number of nitrogens with zero attached hydrogens (tertiary/aromatic N) is 3. The molecule has 0 aliphatic rings. The summed E-state index contributed by atoms with van der Waals surface area (Å²) in [6.45, 7) is 3.91. The van der Waals surface area contributed by atoms with E-state index in [9.17, 15) is 4.79 Å². The number of amides is 1. The Hall–Kier alpha value is -3.02. The highest BCUT2D eigenvalue weighted by Crippen LogP contribution is 2.21. The Morgan fingerprint density at radius 3 is 2.56 bits per heavy atom. The molecule has 25 heavy (non-hydrogen) atoms. The average molecular weight is 335 g/mol. The van der Waals surface area contributed by atoms with Crippen molar-refractivity contribution in [1.29, 1.82) is 0 Å². The minimum atomic E-state index is -0.256. The summed E-state index contributed by atoms with van der Waals surface area (Å²) in [4.78, 5) is 21.1. The van der Waals surface area contributed by atoms with Crippen LogP contribution in [0.15, 0.2) is 54.9 Å². The van der Waals surface area contributed by atoms with Gasteiger partial charge >= 0.3 is 0 Å². The van der Waals surface area contributed by atoms with Gasteiger partial charge in [-0.2, -0.15) is 5.10 Å². The van der Waals surface area contributed by atoms with Gasteiger partial charge in [0.2, 0.25) is 5.91 Å². The molecule has 0 bridgehead atoms. The van der Waals surface area contributed by atoms with E-state index in [0.29, 0.717) is 11.6 Å². The molecule has 2 N–H and O–H groups in total. The van der Waals surface area contributed by atoms with Crippen LogP contribution in [0, 0.1) is 0 Å². The van der Waals surface area contributed by atoms with Crippen molar-refractivity contribution in [3.05, 3.63) is 66.2 Å². The third kappa shape index (κ3) is 3.91. The fourth-order valence-corrected chi connectivity index (χ4v) is 2.74. The van der Waals surface area contributed by atoms with E-state index >= 15 is 0 Å². The lowest BCUT2D eigenvalue weighted by atomic mass is 9.95. The van der Waals surface area contributed by atoms with Crippen molar-refractivity contribution in [2.24, 2.45) is 0 Å². The van der Waals surface area contributed by atoms with E-state index in [0.717, 1.165) is 17.5 Å². The SMILES string of the molecule is CC[C@@H](C(=O)N[C@H](C)c1nc(-c2ccncc2)n[nH]1)c1ccccc1. The summed E-state index contributed by atoms with van der Waals surface area (Å²) in [6, 6.07) is 13.2. The molecule has 128 valence electrons. The summed E-state index contributed by atoms with van der Waals surface area (Å²) in [6.07, 6.45) is 4.13. The van der Waals surface area contributed by atoms with E-state index in [1.807, 2.05) is 56.3 Å². The fourth-order valence-electron chi connectivity index (χ4n) is 2.74. The number of benzene rings is 1. The number of carbonyl (C=O) groups is 1. The number of H-pyrrole nitrogens is 1. The van der Waals surface area contributed by atoms with Crippen molar-refractivity contribution < 1.29 is 4.79 Å². The standard InChI is InChI=1S/C19H21N5O/c1-3-16(14-7-5-4-6-8-14)19(25)21-13(2)17-22-18(24-23-17)15-9-11-20-12-10-15/h4-13,16H,3H2,1-2H3,(H,21,25)(H,22,23,24)/t13-,16-/m1/s1. The highest BCUT2D eigenvalue weighted by Gasteiger charge is 2.22. The summed E-state index contributed by atoms with van der Waals surface area (Å²) in [5, 5.41) is 10.2. The van der Waals surface area contributed by atoms with Crippen molar-refractivity contribution in [3.63, 3.8) is 0 Å². The zero-order valence-electron chi connectivity index (χ0n) is 14.3. The van der Waals surface area contributed by atoms with Gasteiger partial charge in [-0.05, 0) is 31.0 Å². The van der Waals surface area contributed by atoms with E-state index < -0.39 is 0 Å². The van der Waals surface area contributed by atoms with Crippen LogP contribution in [0.3, 0.4) is 0 Å². The van der Waals surface area contributed by atoms with Gasteiger partial charge in [-0.3, -0.25) is 14.9 Å². The molecule has 1 amide bonds. The minimum absolute atomic E-state index is 0.0111. The number of rotatable bonds is 6. The van der Waals surface area contributed by atoms with Crippen LogP contribution in [0.2, 0.25) is 0 Å². The lowest BCUT2D eigenvalue weighted by molar-refractivity contribution is -0.123. The van der Waals surface area contributed by atoms with Crippen molar-refractivity contribution in [3.8, 4) is 11.4 Å². The second-order valence-corrected chi connectivity index (χ2v) is 5.88. The summed E-state index contributed by atoms with van der Waals surface area (Å²) < 4.78 is 0. The Balaban J connectivity index is 1.70. The first-order chi connectivity index (χ1) is 12.2. The highest BCUT2D eigenvalue weighted by molar-refractivity contribution is 5.83. The molecular weight excluding hydrogens is 314 g/mol. The van der Waals surface area contributed by atoms with E-state index in [1.165, 1.54) is 0 Å². The molecule has 0 fully saturated rings. The van der Waals surface area contributed by atoms with E-state index in [1.54, 1.807) is 12.4 Å². The van der Waals surface area contributed by atoms with Crippen LogP contribution in [0.5, 0.6) is 0 Å². The summed E-state index contributed by atoms with van der Waals surface area (Å²) in [5.41, 5.74) is 1.90. The quantitative estimate of drug-likeness (QED) is 0.724. The van der Waals surface area contributed by atoms with Crippen LogP contribution in [-0.4, -0.2) is 26.1 Å². The van der Waals surface area contributed by atoms with Gasteiger partial charge in [0.15, 0.2) is 5.82 Å². The van der Waals surface area contributed by atoms with Gasteiger partial charge in [0, 0.05) is 18.0 Å². The lowest BCUT2D eigenvalue weighted by Crippen LogP contribution is -2.32. The molecule has 2 heterocycles. The van der Waals surface area contributed by atoms with E-state index in [-0.39, 0.29) is 17.9 Å². The van der Waals surface area contributed by atoms with Gasteiger partial charge in [-0.25, -0.2) is 4.98 Å². The predicted octanol–water partition coefficient (Wildman–Crippen LogP) is 3.24. The molecular formula is C19H21N5O. The van der Waals surface area contributed by atoms with Crippen molar-refractivity contribution >= 4 is 5.91 Å². The molecule has 0 radical (unpaired) electrons. The smallest absolute Gasteiger partial charge is 0.228 e. The molecule has 6 heteroatoms. The van der Waals surface area contributed by atoms with Crippen LogP contribution in [-0.2, 0) is 4.79 Å². The normalized spacial score (nSPS) is 13.2. The maximum Gasteiger partial charge on any atom is 0.228 e. The molecule has 3 rings (SSSR count). The number of hydrogen-bond acceptors (Lipinski definition) is 4. The second kappa shape index (κ2) is 7.70. The third-order valence-corrected chi connectivity index (χ3v) is 4.14. The average Bonchev–Trinajstić information content (AvgIpc) is 3.14. The first-order valence-electron chi connectivity index (χ1n) is 8.37. The Morgan fingerprint density at radius 2 is 1.88 bits per heavy atom. The Morgan fingerprint density at radius 1 is 1.16 bits per heavy atom. The van der Waals surface area contributed by atoms with Crippen LogP contribution in [0.1, 0.15) is 43.6 Å². The van der Waals surface area contributed by atoms with E-state index in [2.05, 4.69) is 25.5 Å². The third-order valence-electron chi connectivity index (χ3n) is 4.14. The topological polar surface area (TPSA) is 83.6 Å². The Bertz CT molecular complexity index is 816. The molecule has 1 aromatic carbocycles. The molecule has 0 unspecified atom stereocenters. The molecule has 2 atom stereocenters. The largest absolute Gasteiger partial charge is 0.346 e. The molecule has 3 aromatic rings. The molecule has 0 saturated carbocycles. The van der Waals surface area contributed by atoms with Crippen molar-refractivity contribution in [2.75, 3.05) is 0 Å². The fraction of sp³-hybridized carbons (Fsp3) is 0.263.